The summed E-state index contributed by atoms with van der Waals surface area (Å²) < 4.78 is 0. The molecule has 0 saturated heterocycles. The van der Waals surface area contributed by atoms with Gasteiger partial charge in [0.25, 0.3) is 0 Å². The van der Waals surface area contributed by atoms with E-state index in [1.807, 2.05) is 22.7 Å². The van der Waals surface area contributed by atoms with Gasteiger partial charge in [-0.2, -0.15) is 0 Å². The van der Waals surface area contributed by atoms with Crippen molar-refractivity contribution in [3.05, 3.63) is 242 Å². The van der Waals surface area contributed by atoms with Gasteiger partial charge in [0.2, 0.25) is 0 Å². The number of hydrogen-bond acceptors (Lipinski definition) is 4. The molecule has 0 fully saturated rings. The maximum Gasteiger partial charge on any atom is 0.0462 e. The molecule has 2 nitrogen and oxygen atoms in total. The zero-order chi connectivity index (χ0) is 52.2. The second-order valence-electron chi connectivity index (χ2n) is 21.1. The van der Waals surface area contributed by atoms with Crippen LogP contribution in [0.3, 0.4) is 0 Å². The van der Waals surface area contributed by atoms with Crippen LogP contribution in [0, 0.1) is 0 Å². The first-order chi connectivity index (χ1) is 38.1. The fourth-order valence-electron chi connectivity index (χ4n) is 11.9. The quantitative estimate of drug-likeness (QED) is 0.0557. The highest BCUT2D eigenvalue weighted by Crippen LogP contribution is 2.56. The second kappa shape index (κ2) is 24.8. The Morgan fingerprint density at radius 2 is 0.571 bits per heavy atom. The van der Waals surface area contributed by atoms with Crippen LogP contribution in [0.4, 0.5) is 34.1 Å². The van der Waals surface area contributed by atoms with Gasteiger partial charge in [-0.25, -0.2) is 0 Å². The van der Waals surface area contributed by atoms with Crippen molar-refractivity contribution >= 4 is 56.8 Å². The number of para-hydroxylation sites is 4. The van der Waals surface area contributed by atoms with E-state index in [2.05, 4.69) is 254 Å². The van der Waals surface area contributed by atoms with Gasteiger partial charge < -0.3 is 9.80 Å². The van der Waals surface area contributed by atoms with E-state index in [4.69, 9.17) is 0 Å². The maximum absolute atomic E-state index is 2.63. The summed E-state index contributed by atoms with van der Waals surface area (Å²) in [6.45, 7) is 4.66. The van der Waals surface area contributed by atoms with Crippen LogP contribution in [0.25, 0.3) is 52.9 Å². The van der Waals surface area contributed by atoms with Gasteiger partial charge in [0, 0.05) is 59.0 Å². The third kappa shape index (κ3) is 11.6. The van der Waals surface area contributed by atoms with Gasteiger partial charge in [-0.1, -0.05) is 212 Å². The molecule has 1 aliphatic carbocycles. The molecule has 386 valence electrons. The van der Waals surface area contributed by atoms with E-state index in [0.717, 1.165) is 34.1 Å². The van der Waals surface area contributed by atoms with Gasteiger partial charge in [-0.15, -0.1) is 22.7 Å². The fraction of sp³-hybridized carbons (Fsp3) is 0.233. The van der Waals surface area contributed by atoms with E-state index >= 15 is 0 Å². The highest BCUT2D eigenvalue weighted by atomic mass is 32.1. The van der Waals surface area contributed by atoms with Crippen LogP contribution < -0.4 is 9.80 Å². The summed E-state index contributed by atoms with van der Waals surface area (Å²) in [6, 6.07) is 85.4. The Morgan fingerprint density at radius 3 is 0.909 bits per heavy atom. The van der Waals surface area contributed by atoms with Crippen molar-refractivity contribution in [2.24, 2.45) is 0 Å². The molecule has 0 unspecified atom stereocenters. The van der Waals surface area contributed by atoms with Crippen LogP contribution in [0.1, 0.15) is 115 Å². The van der Waals surface area contributed by atoms with Crippen molar-refractivity contribution in [3.8, 4) is 52.9 Å². The highest BCUT2D eigenvalue weighted by Gasteiger charge is 2.43. The van der Waals surface area contributed by atoms with Crippen molar-refractivity contribution in [2.75, 3.05) is 9.80 Å². The first-order valence-electron chi connectivity index (χ1n) is 28.6. The Balaban J connectivity index is 0.909. The van der Waals surface area contributed by atoms with E-state index in [9.17, 15) is 0 Å². The fourth-order valence-corrected chi connectivity index (χ4v) is 13.9. The van der Waals surface area contributed by atoms with Crippen molar-refractivity contribution in [1.82, 2.24) is 0 Å². The molecule has 77 heavy (non-hydrogen) atoms. The molecular formula is C73H72N2S2. The summed E-state index contributed by atoms with van der Waals surface area (Å²) in [5.41, 5.74) is 18.0. The van der Waals surface area contributed by atoms with E-state index < -0.39 is 0 Å². The Kier molecular flexibility index (Phi) is 16.7. The first-order valence-corrected chi connectivity index (χ1v) is 30.2. The van der Waals surface area contributed by atoms with Gasteiger partial charge in [0.1, 0.15) is 0 Å². The molecule has 0 aliphatic heterocycles. The largest absolute Gasteiger partial charge is 0.311 e. The number of hydrogen-bond donors (Lipinski definition) is 0. The number of benzene rings is 8. The van der Waals surface area contributed by atoms with Crippen LogP contribution in [0.5, 0.6) is 0 Å². The molecule has 2 heterocycles. The zero-order valence-corrected chi connectivity index (χ0v) is 46.7. The van der Waals surface area contributed by atoms with E-state index in [0.29, 0.717) is 0 Å². The van der Waals surface area contributed by atoms with E-state index in [1.165, 1.54) is 143 Å². The van der Waals surface area contributed by atoms with Crippen LogP contribution in [-0.2, 0) is 5.41 Å². The van der Waals surface area contributed by atoms with Gasteiger partial charge in [0.05, 0.1) is 0 Å². The Morgan fingerprint density at radius 1 is 0.286 bits per heavy atom. The second-order valence-corrected chi connectivity index (χ2v) is 23.2. The average Bonchev–Trinajstić information content (AvgIpc) is 4.44. The van der Waals surface area contributed by atoms with E-state index in [-0.39, 0.29) is 5.41 Å². The van der Waals surface area contributed by atoms with Crippen LogP contribution in [0.15, 0.2) is 231 Å². The molecule has 0 saturated carbocycles. The monoisotopic (exact) mass is 1040 g/mol. The summed E-state index contributed by atoms with van der Waals surface area (Å²) in [6.07, 6.45) is 18.0. The lowest BCUT2D eigenvalue weighted by molar-refractivity contribution is 0.398. The van der Waals surface area contributed by atoms with Crippen LogP contribution in [-0.4, -0.2) is 0 Å². The smallest absolute Gasteiger partial charge is 0.0462 e. The maximum atomic E-state index is 2.63. The van der Waals surface area contributed by atoms with Crippen molar-refractivity contribution in [1.29, 1.82) is 0 Å². The molecular weight excluding hydrogens is 969 g/mol. The van der Waals surface area contributed by atoms with Crippen molar-refractivity contribution in [3.63, 3.8) is 0 Å². The number of nitrogens with zero attached hydrogens (tertiary/aromatic N) is 2. The van der Waals surface area contributed by atoms with Crippen LogP contribution in [0.2, 0.25) is 0 Å². The number of thiophene rings is 2. The Labute approximate surface area is 467 Å². The van der Waals surface area contributed by atoms with Crippen molar-refractivity contribution in [2.45, 2.75) is 109 Å². The SMILES string of the molecule is CCCCCCCCC1(CCCCCCCC)c2cc(-c3ccc(-c4ccc(N(c5ccccc5)c5ccccc5)cc4)s3)ccc2-c2ccc(-c3ccc(-c4ccc(N(c5ccccc5)c5ccccc5)cc4)s3)cc21. The summed E-state index contributed by atoms with van der Waals surface area (Å²) in [4.78, 5) is 9.93. The molecule has 0 bridgehead atoms. The molecule has 0 N–H and O–H groups in total. The zero-order valence-electron chi connectivity index (χ0n) is 45.0. The molecule has 0 spiro atoms. The Hall–Kier alpha value is -7.24. The number of rotatable bonds is 24. The topological polar surface area (TPSA) is 6.48 Å². The number of unbranched alkanes of at least 4 members (excludes halogenated alkanes) is 10. The molecule has 0 atom stereocenters. The summed E-state index contributed by atoms with van der Waals surface area (Å²) in [5, 5.41) is 0. The lowest BCUT2D eigenvalue weighted by atomic mass is 9.70. The van der Waals surface area contributed by atoms with E-state index in [1.54, 1.807) is 11.1 Å². The summed E-state index contributed by atoms with van der Waals surface area (Å²) in [7, 11) is 0. The van der Waals surface area contributed by atoms with Gasteiger partial charge in [-0.05, 0) is 167 Å². The average molecular weight is 1040 g/mol. The van der Waals surface area contributed by atoms with Gasteiger partial charge >= 0.3 is 0 Å². The minimum atomic E-state index is -0.0369. The van der Waals surface area contributed by atoms with Crippen LogP contribution >= 0.6 is 22.7 Å². The van der Waals surface area contributed by atoms with Crippen molar-refractivity contribution < 1.29 is 0 Å². The molecule has 11 rings (SSSR count). The molecule has 0 radical (unpaired) electrons. The first kappa shape index (κ1) is 51.8. The third-order valence-corrected chi connectivity index (χ3v) is 18.3. The summed E-state index contributed by atoms with van der Waals surface area (Å²) >= 11 is 3.84. The normalized spacial score (nSPS) is 12.3. The minimum absolute atomic E-state index is 0.0369. The Bertz CT molecular complexity index is 3120. The number of fused-ring (bicyclic) bond motifs is 3. The molecule has 4 heteroatoms. The predicted octanol–water partition coefficient (Wildman–Crippen LogP) is 23.2. The highest BCUT2D eigenvalue weighted by molar-refractivity contribution is 7.19. The standard InChI is InChI=1S/C73H72N2S2/c1-3-5-7-9-11-25-51-73(52-26-12-10-8-6-4-2)67-53-57(71-49-47-69(76-71)55-35-41-63(42-36-55)74(59-27-17-13-18-28-59)60-29-19-14-20-30-60)39-45-65(67)66-46-40-58(54-68(66)73)72-50-48-70(77-72)56-37-43-64(44-38-56)75(61-31-21-15-22-32-61)62-33-23-16-24-34-62/h13-24,27-50,53-54H,3-12,25-26,51-52H2,1-2H3. The summed E-state index contributed by atoms with van der Waals surface area (Å²) in [5.74, 6) is 0. The molecule has 2 aromatic heterocycles. The lowest BCUT2D eigenvalue weighted by Gasteiger charge is -2.33. The molecule has 10 aromatic rings. The number of anilines is 6. The third-order valence-electron chi connectivity index (χ3n) is 15.9. The molecule has 8 aromatic carbocycles. The minimum Gasteiger partial charge on any atom is -0.311 e. The van der Waals surface area contributed by atoms with Gasteiger partial charge in [-0.3, -0.25) is 0 Å². The molecule has 1 aliphatic rings. The lowest BCUT2D eigenvalue weighted by Crippen LogP contribution is -2.25. The molecule has 0 amide bonds. The predicted molar refractivity (Wildman–Crippen MR) is 336 cm³/mol. The van der Waals surface area contributed by atoms with Gasteiger partial charge in [0.15, 0.2) is 0 Å².